The number of nitrogens with zero attached hydrogens (tertiary/aromatic N) is 1. The topological polar surface area (TPSA) is 32.3 Å². The van der Waals surface area contributed by atoms with E-state index in [9.17, 15) is 4.79 Å². The highest BCUT2D eigenvalue weighted by Gasteiger charge is 2.16. The molecule has 1 aliphatic rings. The zero-order chi connectivity index (χ0) is 16.2. The molecule has 0 spiro atoms. The molecule has 120 valence electrons. The van der Waals surface area contributed by atoms with E-state index in [0.29, 0.717) is 12.3 Å². The normalized spacial score (nSPS) is 13.8. The number of fused-ring (bicyclic) bond motifs is 1. The van der Waals surface area contributed by atoms with E-state index < -0.39 is 0 Å². The van der Waals surface area contributed by atoms with Crippen LogP contribution in [0.4, 0.5) is 11.4 Å². The highest BCUT2D eigenvalue weighted by atomic mass is 16.1. The van der Waals surface area contributed by atoms with E-state index in [1.54, 1.807) is 0 Å². The molecule has 2 aromatic rings. The first-order valence-corrected chi connectivity index (χ1v) is 8.33. The first-order chi connectivity index (χ1) is 11.1. The van der Waals surface area contributed by atoms with Crippen LogP contribution in [-0.4, -0.2) is 12.5 Å². The number of benzene rings is 2. The lowest BCUT2D eigenvalue weighted by Gasteiger charge is -2.30. The summed E-state index contributed by atoms with van der Waals surface area (Å²) in [6.45, 7) is 6.10. The summed E-state index contributed by atoms with van der Waals surface area (Å²) in [7, 11) is 0. The highest BCUT2D eigenvalue weighted by molar-refractivity contribution is 5.91. The average molecular weight is 308 g/mol. The SMILES string of the molecule is CC(C)CC(=O)Nc1ccc(N2CCc3ccccc3C2)cc1. The number of carbonyl (C=O) groups excluding carboxylic acids is 1. The van der Waals surface area contributed by atoms with E-state index in [0.717, 1.165) is 25.2 Å². The molecule has 0 unspecified atom stereocenters. The Balaban J connectivity index is 1.65. The molecule has 0 bridgehead atoms. The number of nitrogens with one attached hydrogen (secondary N) is 1. The summed E-state index contributed by atoms with van der Waals surface area (Å²) in [5.74, 6) is 0.461. The molecule has 3 rings (SSSR count). The lowest BCUT2D eigenvalue weighted by atomic mass is 9.99. The Morgan fingerprint density at radius 2 is 1.78 bits per heavy atom. The van der Waals surface area contributed by atoms with Gasteiger partial charge in [0.25, 0.3) is 0 Å². The van der Waals surface area contributed by atoms with E-state index in [4.69, 9.17) is 0 Å². The van der Waals surface area contributed by atoms with Gasteiger partial charge >= 0.3 is 0 Å². The first-order valence-electron chi connectivity index (χ1n) is 8.33. The largest absolute Gasteiger partial charge is 0.367 e. The van der Waals surface area contributed by atoms with Crippen molar-refractivity contribution in [2.45, 2.75) is 33.2 Å². The van der Waals surface area contributed by atoms with E-state index in [2.05, 4.69) is 60.5 Å². The van der Waals surface area contributed by atoms with Gasteiger partial charge in [0.15, 0.2) is 0 Å². The smallest absolute Gasteiger partial charge is 0.224 e. The van der Waals surface area contributed by atoms with E-state index >= 15 is 0 Å². The minimum absolute atomic E-state index is 0.0830. The van der Waals surface area contributed by atoms with Crippen LogP contribution in [0, 0.1) is 5.92 Å². The molecule has 1 amide bonds. The van der Waals surface area contributed by atoms with Gasteiger partial charge in [-0.25, -0.2) is 0 Å². The molecule has 0 radical (unpaired) electrons. The third-order valence-corrected chi connectivity index (χ3v) is 4.24. The number of rotatable bonds is 4. The first kappa shape index (κ1) is 15.6. The van der Waals surface area contributed by atoms with E-state index in [1.807, 2.05) is 12.1 Å². The summed E-state index contributed by atoms with van der Waals surface area (Å²) in [4.78, 5) is 14.2. The summed E-state index contributed by atoms with van der Waals surface area (Å²) in [5, 5.41) is 2.96. The number of hydrogen-bond donors (Lipinski definition) is 1. The molecular formula is C20H24N2O. The zero-order valence-electron chi connectivity index (χ0n) is 13.9. The second-order valence-electron chi connectivity index (χ2n) is 6.63. The van der Waals surface area contributed by atoms with Crippen LogP contribution >= 0.6 is 0 Å². The monoisotopic (exact) mass is 308 g/mol. The Morgan fingerprint density at radius 1 is 1.09 bits per heavy atom. The third-order valence-electron chi connectivity index (χ3n) is 4.24. The minimum Gasteiger partial charge on any atom is -0.367 e. The van der Waals surface area contributed by atoms with Crippen molar-refractivity contribution in [2.24, 2.45) is 5.92 Å². The lowest BCUT2D eigenvalue weighted by Crippen LogP contribution is -2.30. The lowest BCUT2D eigenvalue weighted by molar-refractivity contribution is -0.116. The fraction of sp³-hybridized carbons (Fsp3) is 0.350. The van der Waals surface area contributed by atoms with Gasteiger partial charge in [0.2, 0.25) is 5.91 Å². The maximum atomic E-state index is 11.8. The molecule has 0 aliphatic carbocycles. The number of anilines is 2. The summed E-state index contributed by atoms with van der Waals surface area (Å²) < 4.78 is 0. The van der Waals surface area contributed by atoms with Gasteiger partial charge in [0.05, 0.1) is 0 Å². The van der Waals surface area contributed by atoms with Crippen molar-refractivity contribution >= 4 is 17.3 Å². The van der Waals surface area contributed by atoms with Gasteiger partial charge < -0.3 is 10.2 Å². The van der Waals surface area contributed by atoms with Gasteiger partial charge in [0, 0.05) is 30.9 Å². The van der Waals surface area contributed by atoms with Crippen molar-refractivity contribution in [3.05, 3.63) is 59.7 Å². The van der Waals surface area contributed by atoms with Crippen LogP contribution in [0.1, 0.15) is 31.4 Å². The summed E-state index contributed by atoms with van der Waals surface area (Å²) in [5.41, 5.74) is 4.95. The van der Waals surface area contributed by atoms with Crippen LogP contribution in [0.3, 0.4) is 0 Å². The van der Waals surface area contributed by atoms with Crippen molar-refractivity contribution < 1.29 is 4.79 Å². The highest BCUT2D eigenvalue weighted by Crippen LogP contribution is 2.25. The van der Waals surface area contributed by atoms with Crippen LogP contribution in [0.15, 0.2) is 48.5 Å². The molecule has 1 aliphatic heterocycles. The van der Waals surface area contributed by atoms with E-state index in [1.165, 1.54) is 16.8 Å². The Hall–Kier alpha value is -2.29. The minimum atomic E-state index is 0.0830. The number of amides is 1. The maximum absolute atomic E-state index is 11.8. The van der Waals surface area contributed by atoms with Crippen LogP contribution in [0.2, 0.25) is 0 Å². The summed E-state index contributed by atoms with van der Waals surface area (Å²) in [6, 6.07) is 16.8. The fourth-order valence-electron chi connectivity index (χ4n) is 3.05. The quantitative estimate of drug-likeness (QED) is 0.916. The van der Waals surface area contributed by atoms with Crippen molar-refractivity contribution in [3.8, 4) is 0 Å². The second-order valence-corrected chi connectivity index (χ2v) is 6.63. The number of hydrogen-bond acceptors (Lipinski definition) is 2. The molecular weight excluding hydrogens is 284 g/mol. The third kappa shape index (κ3) is 3.92. The van der Waals surface area contributed by atoms with Gasteiger partial charge in [-0.15, -0.1) is 0 Å². The van der Waals surface area contributed by atoms with Gasteiger partial charge in [0.1, 0.15) is 0 Å². The molecule has 0 saturated carbocycles. The second kappa shape index (κ2) is 6.86. The van der Waals surface area contributed by atoms with Gasteiger partial charge in [-0.3, -0.25) is 4.79 Å². The van der Waals surface area contributed by atoms with Crippen LogP contribution < -0.4 is 10.2 Å². The Bertz CT molecular complexity index is 676. The van der Waals surface area contributed by atoms with E-state index in [-0.39, 0.29) is 5.91 Å². The molecule has 1 N–H and O–H groups in total. The van der Waals surface area contributed by atoms with Gasteiger partial charge in [-0.05, 0) is 47.7 Å². The molecule has 23 heavy (non-hydrogen) atoms. The maximum Gasteiger partial charge on any atom is 0.224 e. The Morgan fingerprint density at radius 3 is 2.48 bits per heavy atom. The molecule has 0 fully saturated rings. The fourth-order valence-corrected chi connectivity index (χ4v) is 3.05. The van der Waals surface area contributed by atoms with Crippen molar-refractivity contribution in [1.82, 2.24) is 0 Å². The standard InChI is InChI=1S/C20H24N2O/c1-15(2)13-20(23)21-18-7-9-19(10-8-18)22-12-11-16-5-3-4-6-17(16)14-22/h3-10,15H,11-14H2,1-2H3,(H,21,23). The summed E-state index contributed by atoms with van der Waals surface area (Å²) >= 11 is 0. The molecule has 1 heterocycles. The summed E-state index contributed by atoms with van der Waals surface area (Å²) in [6.07, 6.45) is 1.65. The molecule has 0 saturated heterocycles. The Labute approximate surface area is 138 Å². The predicted molar refractivity (Wildman–Crippen MR) is 95.7 cm³/mol. The molecule has 2 aromatic carbocycles. The molecule has 0 aromatic heterocycles. The van der Waals surface area contributed by atoms with Gasteiger partial charge in [-0.1, -0.05) is 38.1 Å². The van der Waals surface area contributed by atoms with Crippen molar-refractivity contribution in [1.29, 1.82) is 0 Å². The van der Waals surface area contributed by atoms with Crippen LogP contribution in [0.5, 0.6) is 0 Å². The molecule has 3 heteroatoms. The van der Waals surface area contributed by atoms with Gasteiger partial charge in [-0.2, -0.15) is 0 Å². The average Bonchev–Trinajstić information content (AvgIpc) is 2.54. The van der Waals surface area contributed by atoms with Crippen LogP contribution in [-0.2, 0) is 17.8 Å². The zero-order valence-corrected chi connectivity index (χ0v) is 13.9. The predicted octanol–water partition coefficient (Wildman–Crippen LogP) is 4.23. The van der Waals surface area contributed by atoms with Crippen molar-refractivity contribution in [3.63, 3.8) is 0 Å². The Kier molecular flexibility index (Phi) is 4.65. The van der Waals surface area contributed by atoms with Crippen molar-refractivity contribution in [2.75, 3.05) is 16.8 Å². The van der Waals surface area contributed by atoms with Crippen LogP contribution in [0.25, 0.3) is 0 Å². The molecule has 3 nitrogen and oxygen atoms in total. The number of carbonyl (C=O) groups is 1. The molecule has 0 atom stereocenters.